The van der Waals surface area contributed by atoms with Crippen LogP contribution in [0.25, 0.3) is 5.69 Å². The molecule has 0 unspecified atom stereocenters. The van der Waals surface area contributed by atoms with Gasteiger partial charge in [-0.3, -0.25) is 4.79 Å². The van der Waals surface area contributed by atoms with Gasteiger partial charge in [0.25, 0.3) is 5.91 Å². The van der Waals surface area contributed by atoms with Gasteiger partial charge in [0.2, 0.25) is 0 Å². The van der Waals surface area contributed by atoms with Crippen LogP contribution in [0.1, 0.15) is 25.6 Å². The molecule has 0 spiro atoms. The zero-order chi connectivity index (χ0) is 17.1. The summed E-state index contributed by atoms with van der Waals surface area (Å²) in [5, 5.41) is 15.5. The number of anilines is 1. The summed E-state index contributed by atoms with van der Waals surface area (Å²) in [5.41, 5.74) is 2.51. The van der Waals surface area contributed by atoms with Gasteiger partial charge in [-0.2, -0.15) is 0 Å². The number of rotatable bonds is 4. The summed E-state index contributed by atoms with van der Waals surface area (Å²) in [5.74, 6) is -0.796. The second-order valence-electron chi connectivity index (χ2n) is 4.86. The van der Waals surface area contributed by atoms with Gasteiger partial charge >= 0.3 is 5.97 Å². The molecule has 0 radical (unpaired) electrons. The lowest BCUT2D eigenvalue weighted by Gasteiger charge is -2.09. The van der Waals surface area contributed by atoms with Crippen LogP contribution in [0.2, 0.25) is 0 Å². The molecular weight excluding hydrogens is 330 g/mol. The van der Waals surface area contributed by atoms with Crippen LogP contribution in [0.15, 0.2) is 36.0 Å². The third-order valence-corrected chi connectivity index (χ3v) is 4.23. The Labute approximate surface area is 141 Å². The summed E-state index contributed by atoms with van der Waals surface area (Å²) in [6.45, 7) is 1.86. The molecule has 0 bridgehead atoms. The van der Waals surface area contributed by atoms with Crippen molar-refractivity contribution in [3.05, 3.63) is 52.0 Å². The number of carbonyl (C=O) groups is 2. The topological polar surface area (TPSA) is 99.0 Å². The molecule has 0 atom stereocenters. The molecule has 9 heteroatoms. The van der Waals surface area contributed by atoms with Crippen LogP contribution in [0.5, 0.6) is 0 Å². The molecule has 1 N–H and O–H groups in total. The average molecular weight is 343 g/mol. The average Bonchev–Trinajstić information content (AvgIpc) is 3.25. The highest BCUT2D eigenvalue weighted by atomic mass is 32.1. The molecule has 1 amide bonds. The third-order valence-electron chi connectivity index (χ3n) is 3.34. The number of ether oxygens (including phenoxy) is 1. The Kier molecular flexibility index (Phi) is 4.34. The highest BCUT2D eigenvalue weighted by Crippen LogP contribution is 2.24. The first kappa shape index (κ1) is 15.8. The maximum Gasteiger partial charge on any atom is 0.350 e. The van der Waals surface area contributed by atoms with Gasteiger partial charge < -0.3 is 10.1 Å². The van der Waals surface area contributed by atoms with Crippen LogP contribution in [0.3, 0.4) is 0 Å². The van der Waals surface area contributed by atoms with E-state index in [-0.39, 0.29) is 5.91 Å². The van der Waals surface area contributed by atoms with Crippen molar-refractivity contribution in [2.24, 2.45) is 0 Å². The van der Waals surface area contributed by atoms with E-state index in [9.17, 15) is 9.59 Å². The minimum atomic E-state index is -0.481. The fourth-order valence-electron chi connectivity index (χ4n) is 2.18. The van der Waals surface area contributed by atoms with Crippen LogP contribution >= 0.6 is 11.3 Å². The number of thiophene rings is 1. The number of nitrogens with one attached hydrogen (secondary N) is 1. The van der Waals surface area contributed by atoms with E-state index in [0.29, 0.717) is 16.1 Å². The lowest BCUT2D eigenvalue weighted by molar-refractivity contribution is 0.0607. The van der Waals surface area contributed by atoms with Crippen LogP contribution in [0, 0.1) is 6.92 Å². The number of carbonyl (C=O) groups excluding carboxylic acids is 2. The minimum Gasteiger partial charge on any atom is -0.465 e. The number of esters is 1. The summed E-state index contributed by atoms with van der Waals surface area (Å²) in [6, 6.07) is 6.83. The first-order chi connectivity index (χ1) is 11.6. The highest BCUT2D eigenvalue weighted by Gasteiger charge is 2.17. The molecular formula is C15H13N5O3S. The lowest BCUT2D eigenvalue weighted by atomic mass is 10.1. The number of tetrazole rings is 1. The zero-order valence-electron chi connectivity index (χ0n) is 12.9. The van der Waals surface area contributed by atoms with Crippen LogP contribution in [0.4, 0.5) is 5.69 Å². The van der Waals surface area contributed by atoms with Crippen LogP contribution < -0.4 is 5.32 Å². The van der Waals surface area contributed by atoms with Crippen molar-refractivity contribution in [1.29, 1.82) is 0 Å². The van der Waals surface area contributed by atoms with E-state index in [1.807, 2.05) is 6.92 Å². The van der Waals surface area contributed by atoms with Crippen LogP contribution in [-0.4, -0.2) is 39.2 Å². The number of hydrogen-bond acceptors (Lipinski definition) is 7. The van der Waals surface area contributed by atoms with Gasteiger partial charge in [0.05, 0.1) is 18.5 Å². The van der Waals surface area contributed by atoms with Crippen molar-refractivity contribution >= 4 is 28.9 Å². The van der Waals surface area contributed by atoms with Gasteiger partial charge in [-0.1, -0.05) is 0 Å². The SMILES string of the molecule is COC(=O)c1sccc1NC(=O)c1ccc(-n2cnnn2)c(C)c1. The lowest BCUT2D eigenvalue weighted by Crippen LogP contribution is -2.14. The summed E-state index contributed by atoms with van der Waals surface area (Å²) in [6.07, 6.45) is 1.48. The molecule has 0 fully saturated rings. The van der Waals surface area contributed by atoms with E-state index in [2.05, 4.69) is 20.8 Å². The van der Waals surface area contributed by atoms with Crippen molar-refractivity contribution in [2.75, 3.05) is 12.4 Å². The molecule has 24 heavy (non-hydrogen) atoms. The number of aromatic nitrogens is 4. The van der Waals surface area contributed by atoms with Crippen LogP contribution in [-0.2, 0) is 4.74 Å². The molecule has 2 heterocycles. The second kappa shape index (κ2) is 6.59. The predicted molar refractivity (Wildman–Crippen MR) is 87.5 cm³/mol. The molecule has 0 saturated carbocycles. The molecule has 2 aromatic heterocycles. The Balaban J connectivity index is 1.83. The fraction of sp³-hybridized carbons (Fsp3) is 0.133. The first-order valence-electron chi connectivity index (χ1n) is 6.91. The maximum absolute atomic E-state index is 12.4. The number of methoxy groups -OCH3 is 1. The Bertz CT molecular complexity index is 888. The summed E-state index contributed by atoms with van der Waals surface area (Å²) in [4.78, 5) is 24.4. The normalized spacial score (nSPS) is 10.4. The number of hydrogen-bond donors (Lipinski definition) is 1. The molecule has 0 aliphatic heterocycles. The molecule has 1 aromatic carbocycles. The van der Waals surface area contributed by atoms with E-state index in [1.165, 1.54) is 29.5 Å². The zero-order valence-corrected chi connectivity index (χ0v) is 13.7. The molecule has 8 nitrogen and oxygen atoms in total. The molecule has 122 valence electrons. The number of aryl methyl sites for hydroxylation is 1. The van der Waals surface area contributed by atoms with E-state index >= 15 is 0 Å². The first-order valence-corrected chi connectivity index (χ1v) is 7.79. The van der Waals surface area contributed by atoms with Crippen molar-refractivity contribution in [3.63, 3.8) is 0 Å². The van der Waals surface area contributed by atoms with E-state index < -0.39 is 5.97 Å². The monoisotopic (exact) mass is 343 g/mol. The van der Waals surface area contributed by atoms with Crippen molar-refractivity contribution < 1.29 is 14.3 Å². The van der Waals surface area contributed by atoms with E-state index in [1.54, 1.807) is 29.6 Å². The van der Waals surface area contributed by atoms with Gasteiger partial charge in [0, 0.05) is 5.56 Å². The molecule has 0 aliphatic rings. The Morgan fingerprint density at radius 2 is 2.12 bits per heavy atom. The minimum absolute atomic E-state index is 0.315. The maximum atomic E-state index is 12.4. The van der Waals surface area contributed by atoms with E-state index in [4.69, 9.17) is 4.74 Å². The van der Waals surface area contributed by atoms with Gasteiger partial charge in [0.15, 0.2) is 0 Å². The van der Waals surface area contributed by atoms with Gasteiger partial charge in [-0.15, -0.1) is 16.4 Å². The molecule has 0 saturated heterocycles. The number of amides is 1. The van der Waals surface area contributed by atoms with Gasteiger partial charge in [-0.25, -0.2) is 9.48 Å². The second-order valence-corrected chi connectivity index (χ2v) is 5.78. The molecule has 3 rings (SSSR count). The standard InChI is InChI=1S/C15H13N5O3S/c1-9-7-10(3-4-12(9)20-8-16-18-19-20)14(21)17-11-5-6-24-13(11)15(22)23-2/h3-8H,1-2H3,(H,17,21). The number of nitrogens with zero attached hydrogens (tertiary/aromatic N) is 4. The van der Waals surface area contributed by atoms with Crippen molar-refractivity contribution in [1.82, 2.24) is 20.2 Å². The fourth-order valence-corrected chi connectivity index (χ4v) is 2.94. The Morgan fingerprint density at radius 1 is 1.29 bits per heavy atom. The number of benzene rings is 1. The van der Waals surface area contributed by atoms with Crippen molar-refractivity contribution in [2.45, 2.75) is 6.92 Å². The van der Waals surface area contributed by atoms with E-state index in [0.717, 1.165) is 11.3 Å². The van der Waals surface area contributed by atoms with Crippen molar-refractivity contribution in [3.8, 4) is 5.69 Å². The highest BCUT2D eigenvalue weighted by molar-refractivity contribution is 7.12. The molecule has 0 aliphatic carbocycles. The summed E-state index contributed by atoms with van der Waals surface area (Å²) in [7, 11) is 1.30. The van der Waals surface area contributed by atoms with Gasteiger partial charge in [0.1, 0.15) is 11.2 Å². The summed E-state index contributed by atoms with van der Waals surface area (Å²) < 4.78 is 6.22. The summed E-state index contributed by atoms with van der Waals surface area (Å²) >= 11 is 1.21. The molecule has 3 aromatic rings. The quantitative estimate of drug-likeness (QED) is 0.728. The van der Waals surface area contributed by atoms with Gasteiger partial charge in [-0.05, 0) is 52.6 Å². The Morgan fingerprint density at radius 3 is 2.79 bits per heavy atom. The predicted octanol–water partition coefficient (Wildman–Crippen LogP) is 2.07. The smallest absolute Gasteiger partial charge is 0.350 e. The largest absolute Gasteiger partial charge is 0.465 e. The third kappa shape index (κ3) is 3.01. The Hall–Kier alpha value is -3.07.